The van der Waals surface area contributed by atoms with Gasteiger partial charge in [0.25, 0.3) is 0 Å². The Morgan fingerprint density at radius 2 is 2.07 bits per heavy atom. The van der Waals surface area contributed by atoms with Crippen LogP contribution in [0.25, 0.3) is 17.0 Å². The number of rotatable bonds is 3. The number of anilines is 1. The van der Waals surface area contributed by atoms with Gasteiger partial charge in [-0.25, -0.2) is 4.98 Å². The number of ether oxygens (including phenoxy) is 1. The fourth-order valence-corrected chi connectivity index (χ4v) is 3.71. The Balaban J connectivity index is 1.91. The summed E-state index contributed by atoms with van der Waals surface area (Å²) in [5.41, 5.74) is 1.80. The number of fused-ring (bicyclic) bond motifs is 1. The zero-order valence-corrected chi connectivity index (χ0v) is 16.4. The first kappa shape index (κ1) is 17.9. The summed E-state index contributed by atoms with van der Waals surface area (Å²) in [5, 5.41) is 0. The summed E-state index contributed by atoms with van der Waals surface area (Å²) < 4.78 is 23.3. The van der Waals surface area contributed by atoms with E-state index in [0.717, 1.165) is 29.2 Å². The molecular formula is C18H22N6O2S. The standard InChI is InChI=1S/C18H22N6O2S/c1-12-11-26-9-8-23(12)17-10-16(22-27(3)25)20-18(21-17)24-13(2)19-14-6-4-5-7-15(14)24/h4-7,10,12,27H,8-9,11H2,1-3H3/t12-/m1/s1. The van der Waals surface area contributed by atoms with Crippen LogP contribution < -0.4 is 4.90 Å². The van der Waals surface area contributed by atoms with E-state index in [2.05, 4.69) is 26.2 Å². The molecule has 8 nitrogen and oxygen atoms in total. The van der Waals surface area contributed by atoms with E-state index in [9.17, 15) is 4.21 Å². The lowest BCUT2D eigenvalue weighted by molar-refractivity contribution is 0.0985. The molecule has 4 rings (SSSR count). The summed E-state index contributed by atoms with van der Waals surface area (Å²) >= 11 is 0. The Morgan fingerprint density at radius 1 is 1.26 bits per heavy atom. The van der Waals surface area contributed by atoms with Crippen molar-refractivity contribution in [1.29, 1.82) is 0 Å². The van der Waals surface area contributed by atoms with E-state index in [1.807, 2.05) is 35.8 Å². The predicted molar refractivity (Wildman–Crippen MR) is 107 cm³/mol. The van der Waals surface area contributed by atoms with E-state index < -0.39 is 10.6 Å². The monoisotopic (exact) mass is 386 g/mol. The van der Waals surface area contributed by atoms with E-state index >= 15 is 0 Å². The van der Waals surface area contributed by atoms with Crippen LogP contribution in [-0.4, -0.2) is 55.8 Å². The molecule has 0 spiro atoms. The number of hydrogen-bond donors (Lipinski definition) is 1. The van der Waals surface area contributed by atoms with Gasteiger partial charge in [-0.05, 0) is 26.0 Å². The molecule has 142 valence electrons. The number of para-hydroxylation sites is 2. The molecule has 1 fully saturated rings. The highest BCUT2D eigenvalue weighted by Crippen LogP contribution is 2.26. The molecule has 0 saturated carbocycles. The summed E-state index contributed by atoms with van der Waals surface area (Å²) in [5.74, 6) is 2.43. The quantitative estimate of drug-likeness (QED) is 0.695. The van der Waals surface area contributed by atoms with Gasteiger partial charge in [0.05, 0.1) is 30.3 Å². The number of benzene rings is 1. The minimum Gasteiger partial charge on any atom is -0.377 e. The van der Waals surface area contributed by atoms with Crippen molar-refractivity contribution in [2.75, 3.05) is 30.9 Å². The van der Waals surface area contributed by atoms with E-state index in [0.29, 0.717) is 25.0 Å². The molecule has 0 bridgehead atoms. The molecule has 1 aliphatic heterocycles. The first-order chi connectivity index (χ1) is 13.0. The van der Waals surface area contributed by atoms with Crippen LogP contribution in [0, 0.1) is 6.92 Å². The van der Waals surface area contributed by atoms with Crippen LogP contribution in [0.3, 0.4) is 0 Å². The first-order valence-corrected chi connectivity index (χ1v) is 10.5. The molecule has 0 radical (unpaired) electrons. The Hall–Kier alpha value is -2.52. The van der Waals surface area contributed by atoms with Crippen molar-refractivity contribution in [3.8, 4) is 5.95 Å². The zero-order chi connectivity index (χ0) is 19.0. The molecule has 0 N–H and O–H groups in total. The molecule has 1 aliphatic rings. The van der Waals surface area contributed by atoms with Crippen molar-refractivity contribution in [3.63, 3.8) is 0 Å². The molecule has 9 heteroatoms. The molecule has 2 atom stereocenters. The lowest BCUT2D eigenvalue weighted by atomic mass is 10.2. The van der Waals surface area contributed by atoms with Crippen LogP contribution in [0.2, 0.25) is 0 Å². The Labute approximate surface area is 159 Å². The average molecular weight is 386 g/mol. The van der Waals surface area contributed by atoms with Gasteiger partial charge in [-0.1, -0.05) is 12.1 Å². The van der Waals surface area contributed by atoms with Crippen molar-refractivity contribution < 1.29 is 8.95 Å². The zero-order valence-electron chi connectivity index (χ0n) is 15.5. The van der Waals surface area contributed by atoms with Gasteiger partial charge >= 0.3 is 0 Å². The van der Waals surface area contributed by atoms with Crippen molar-refractivity contribution in [3.05, 3.63) is 36.2 Å². The second-order valence-electron chi connectivity index (χ2n) is 6.55. The third-order valence-electron chi connectivity index (χ3n) is 4.52. The number of morpholine rings is 1. The summed E-state index contributed by atoms with van der Waals surface area (Å²) in [7, 11) is -1.71. The largest absolute Gasteiger partial charge is 0.377 e. The van der Waals surface area contributed by atoms with Gasteiger partial charge in [-0.15, -0.1) is 0 Å². The fraction of sp³-hybridized carbons (Fsp3) is 0.389. The molecule has 3 aromatic rings. The third kappa shape index (κ3) is 3.52. The minimum absolute atomic E-state index is 0.186. The van der Waals surface area contributed by atoms with E-state index in [1.165, 1.54) is 0 Å². The highest BCUT2D eigenvalue weighted by Gasteiger charge is 2.22. The molecule has 27 heavy (non-hydrogen) atoms. The van der Waals surface area contributed by atoms with Gasteiger partial charge < -0.3 is 9.64 Å². The molecule has 0 amide bonds. The number of aryl methyl sites for hydroxylation is 1. The van der Waals surface area contributed by atoms with Crippen molar-refractivity contribution in [1.82, 2.24) is 19.5 Å². The van der Waals surface area contributed by atoms with Gasteiger partial charge in [0.1, 0.15) is 11.6 Å². The van der Waals surface area contributed by atoms with Crippen molar-refractivity contribution in [2.45, 2.75) is 19.9 Å². The Morgan fingerprint density at radius 3 is 2.85 bits per heavy atom. The SMILES string of the molecule is Cc1nc2ccccc2n1-c1nc(/N=[SH](\C)=O)cc(N2CCOC[C@H]2C)n1. The Kier molecular flexibility index (Phi) is 4.79. The summed E-state index contributed by atoms with van der Waals surface area (Å²) in [6, 6.07) is 9.83. The topological polar surface area (TPSA) is 85.5 Å². The van der Waals surface area contributed by atoms with Gasteiger partial charge in [0, 0.05) is 29.5 Å². The summed E-state index contributed by atoms with van der Waals surface area (Å²) in [6.07, 6.45) is 1.56. The van der Waals surface area contributed by atoms with Gasteiger partial charge in [0.15, 0.2) is 5.82 Å². The van der Waals surface area contributed by atoms with Crippen LogP contribution in [0.1, 0.15) is 12.7 Å². The van der Waals surface area contributed by atoms with E-state index in [-0.39, 0.29) is 6.04 Å². The summed E-state index contributed by atoms with van der Waals surface area (Å²) in [4.78, 5) is 16.1. The smallest absolute Gasteiger partial charge is 0.239 e. The maximum atomic E-state index is 11.7. The van der Waals surface area contributed by atoms with Gasteiger partial charge in [-0.3, -0.25) is 8.78 Å². The highest BCUT2D eigenvalue weighted by atomic mass is 32.2. The number of hydrogen-bond acceptors (Lipinski definition) is 7. The highest BCUT2D eigenvalue weighted by molar-refractivity contribution is 7.74. The lowest BCUT2D eigenvalue weighted by Crippen LogP contribution is -2.44. The normalized spacial score (nSPS) is 18.9. The molecule has 1 saturated heterocycles. The van der Waals surface area contributed by atoms with E-state index in [1.54, 1.807) is 12.3 Å². The molecule has 3 heterocycles. The van der Waals surface area contributed by atoms with Crippen LogP contribution >= 0.6 is 0 Å². The van der Waals surface area contributed by atoms with Crippen LogP contribution in [0.4, 0.5) is 11.6 Å². The molecule has 2 aromatic heterocycles. The summed E-state index contributed by atoms with van der Waals surface area (Å²) in [6.45, 7) is 6.03. The maximum Gasteiger partial charge on any atom is 0.239 e. The fourth-order valence-electron chi connectivity index (χ4n) is 3.32. The van der Waals surface area contributed by atoms with Crippen molar-refractivity contribution in [2.24, 2.45) is 4.36 Å². The van der Waals surface area contributed by atoms with Crippen LogP contribution in [-0.2, 0) is 15.3 Å². The number of imidazole rings is 1. The molecule has 0 aliphatic carbocycles. The number of nitrogens with zero attached hydrogens (tertiary/aromatic N) is 6. The second kappa shape index (κ2) is 7.24. The molecule has 1 unspecified atom stereocenters. The third-order valence-corrected chi connectivity index (χ3v) is 5.01. The van der Waals surface area contributed by atoms with Crippen LogP contribution in [0.5, 0.6) is 0 Å². The predicted octanol–water partition coefficient (Wildman–Crippen LogP) is 2.27. The minimum atomic E-state index is -1.71. The number of thiol groups is 1. The molecule has 1 aromatic carbocycles. The van der Waals surface area contributed by atoms with E-state index in [4.69, 9.17) is 9.72 Å². The number of aromatic nitrogens is 4. The Bertz CT molecular complexity index is 1070. The van der Waals surface area contributed by atoms with Gasteiger partial charge in [0.2, 0.25) is 5.95 Å². The maximum absolute atomic E-state index is 11.7. The van der Waals surface area contributed by atoms with Crippen molar-refractivity contribution >= 4 is 33.3 Å². The average Bonchev–Trinajstić information content (AvgIpc) is 2.97. The van der Waals surface area contributed by atoms with Crippen LogP contribution in [0.15, 0.2) is 34.7 Å². The first-order valence-electron chi connectivity index (χ1n) is 8.83. The molecular weight excluding hydrogens is 364 g/mol. The second-order valence-corrected chi connectivity index (χ2v) is 7.68. The lowest BCUT2D eigenvalue weighted by Gasteiger charge is -2.34. The van der Waals surface area contributed by atoms with Gasteiger partial charge in [-0.2, -0.15) is 14.3 Å².